The Morgan fingerprint density at radius 3 is 2.41 bits per heavy atom. The van der Waals surface area contributed by atoms with Gasteiger partial charge in [0, 0.05) is 12.1 Å². The largest absolute Gasteiger partial charge is 0.497 e. The first kappa shape index (κ1) is 25.3. The molecule has 0 spiro atoms. The van der Waals surface area contributed by atoms with Crippen molar-refractivity contribution < 1.29 is 18.7 Å². The molecule has 1 aliphatic heterocycles. The fourth-order valence-corrected chi connectivity index (χ4v) is 4.25. The number of amides is 3. The van der Waals surface area contributed by atoms with Crippen molar-refractivity contribution in [1.29, 1.82) is 0 Å². The van der Waals surface area contributed by atoms with Crippen molar-refractivity contribution in [1.82, 2.24) is 20.0 Å². The summed E-state index contributed by atoms with van der Waals surface area (Å²) in [6.45, 7) is -0.0863. The minimum atomic E-state index is -0.665. The molecule has 2 heterocycles. The van der Waals surface area contributed by atoms with E-state index in [2.05, 4.69) is 15.6 Å². The highest BCUT2D eigenvalue weighted by Crippen LogP contribution is 2.22. The van der Waals surface area contributed by atoms with Gasteiger partial charge in [0.05, 0.1) is 24.9 Å². The van der Waals surface area contributed by atoms with E-state index in [1.54, 1.807) is 48.5 Å². The van der Waals surface area contributed by atoms with E-state index in [4.69, 9.17) is 4.74 Å². The Balaban J connectivity index is 1.52. The lowest BCUT2D eigenvalue weighted by molar-refractivity contribution is -0.123. The van der Waals surface area contributed by atoms with Gasteiger partial charge in [-0.3, -0.25) is 19.6 Å². The van der Waals surface area contributed by atoms with Crippen molar-refractivity contribution in [2.75, 3.05) is 7.11 Å². The van der Waals surface area contributed by atoms with E-state index in [9.17, 15) is 23.7 Å². The summed E-state index contributed by atoms with van der Waals surface area (Å²) >= 11 is 0. The number of nitrogens with zero attached hydrogens (tertiary/aromatic N) is 3. The van der Waals surface area contributed by atoms with Crippen molar-refractivity contribution in [3.63, 3.8) is 0 Å². The maximum Gasteiger partial charge on any atom is 0.329 e. The van der Waals surface area contributed by atoms with Crippen molar-refractivity contribution in [2.45, 2.75) is 13.0 Å². The first-order valence-electron chi connectivity index (χ1n) is 11.9. The van der Waals surface area contributed by atoms with Gasteiger partial charge in [0.15, 0.2) is 0 Å². The predicted octanol–water partition coefficient (Wildman–Crippen LogP) is 4.39. The van der Waals surface area contributed by atoms with Crippen LogP contribution in [0.5, 0.6) is 5.75 Å². The molecule has 5 rings (SSSR count). The molecular weight excluding hydrogens is 505 g/mol. The number of methoxy groups -OCH3 is 1. The van der Waals surface area contributed by atoms with Crippen LogP contribution in [0.2, 0.25) is 0 Å². The fourth-order valence-electron chi connectivity index (χ4n) is 4.25. The lowest BCUT2D eigenvalue weighted by Crippen LogP contribution is -2.30. The number of nitrogens with one attached hydrogen (secondary N) is 2. The summed E-state index contributed by atoms with van der Waals surface area (Å²) in [6, 6.07) is 18.2. The second kappa shape index (κ2) is 10.6. The normalized spacial score (nSPS) is 14.1. The summed E-state index contributed by atoms with van der Waals surface area (Å²) in [7, 11) is 1.53. The van der Waals surface area contributed by atoms with Crippen LogP contribution in [0.3, 0.4) is 0 Å². The molecule has 0 bridgehead atoms. The Hall–Kier alpha value is -5.32. The van der Waals surface area contributed by atoms with Crippen LogP contribution < -0.4 is 15.6 Å². The van der Waals surface area contributed by atoms with Gasteiger partial charge in [-0.25, -0.2) is 13.9 Å². The van der Waals surface area contributed by atoms with Crippen LogP contribution in [0.15, 0.2) is 88.5 Å². The van der Waals surface area contributed by atoms with E-state index in [0.717, 1.165) is 10.5 Å². The van der Waals surface area contributed by atoms with Crippen LogP contribution >= 0.6 is 0 Å². The molecule has 11 heteroatoms. The topological polar surface area (TPSA) is 126 Å². The van der Waals surface area contributed by atoms with Gasteiger partial charge in [-0.15, -0.1) is 4.91 Å². The zero-order valence-corrected chi connectivity index (χ0v) is 20.7. The molecule has 1 saturated heterocycles. The SMILES string of the molecule is COc1ccc(-n2[nH]c(Cc3ccc(F)cc3)c(/C=C3\NC(=O)N(Cc4cccc(N=O)c4)C3=O)c2=O)cc1. The van der Waals surface area contributed by atoms with Crippen LogP contribution in [0, 0.1) is 10.7 Å². The third-order valence-electron chi connectivity index (χ3n) is 6.24. The maximum atomic E-state index is 13.5. The number of aromatic amines is 1. The lowest BCUT2D eigenvalue weighted by atomic mass is 10.1. The van der Waals surface area contributed by atoms with E-state index in [1.165, 1.54) is 42.1 Å². The molecular formula is C28H22FN5O5. The number of benzene rings is 3. The van der Waals surface area contributed by atoms with Crippen LogP contribution in [-0.4, -0.2) is 33.7 Å². The van der Waals surface area contributed by atoms with Gasteiger partial charge in [0.1, 0.15) is 23.0 Å². The number of nitroso groups, excluding NO2 is 1. The third kappa shape index (κ3) is 5.23. The number of urea groups is 1. The van der Waals surface area contributed by atoms with Crippen molar-refractivity contribution in [3.8, 4) is 11.4 Å². The minimum absolute atomic E-state index is 0.0806. The van der Waals surface area contributed by atoms with Crippen molar-refractivity contribution in [2.24, 2.45) is 5.18 Å². The molecule has 1 fully saturated rings. The first-order chi connectivity index (χ1) is 18.9. The van der Waals surface area contributed by atoms with Crippen LogP contribution in [-0.2, 0) is 17.8 Å². The molecule has 2 N–H and O–H groups in total. The highest BCUT2D eigenvalue weighted by atomic mass is 19.1. The number of hydrogen-bond acceptors (Lipinski definition) is 6. The van der Waals surface area contributed by atoms with Crippen LogP contribution in [0.25, 0.3) is 11.8 Å². The number of H-pyrrole nitrogens is 1. The van der Waals surface area contributed by atoms with Gasteiger partial charge in [0.2, 0.25) is 0 Å². The second-order valence-electron chi connectivity index (χ2n) is 8.79. The van der Waals surface area contributed by atoms with E-state index < -0.39 is 17.5 Å². The van der Waals surface area contributed by atoms with Crippen molar-refractivity contribution in [3.05, 3.63) is 122 Å². The molecule has 39 heavy (non-hydrogen) atoms. The summed E-state index contributed by atoms with van der Waals surface area (Å²) in [4.78, 5) is 51.2. The summed E-state index contributed by atoms with van der Waals surface area (Å²) in [5.74, 6) is -0.408. The summed E-state index contributed by atoms with van der Waals surface area (Å²) in [5.41, 5.74) is 2.06. The van der Waals surface area contributed by atoms with Gasteiger partial charge in [-0.2, -0.15) is 0 Å². The maximum absolute atomic E-state index is 13.5. The number of carbonyl (C=O) groups excluding carboxylic acids is 2. The number of ether oxygens (including phenoxy) is 1. The molecule has 0 aliphatic carbocycles. The number of carbonyl (C=O) groups is 2. The average molecular weight is 528 g/mol. The van der Waals surface area contributed by atoms with Crippen LogP contribution in [0.1, 0.15) is 22.4 Å². The number of halogens is 1. The van der Waals surface area contributed by atoms with E-state index in [-0.39, 0.29) is 35.7 Å². The molecule has 1 aromatic heterocycles. The van der Waals surface area contributed by atoms with Crippen LogP contribution in [0.4, 0.5) is 14.9 Å². The molecule has 196 valence electrons. The third-order valence-corrected chi connectivity index (χ3v) is 6.24. The molecule has 0 saturated carbocycles. The molecule has 3 aromatic carbocycles. The Labute approximate surface area is 221 Å². The average Bonchev–Trinajstić information content (AvgIpc) is 3.40. The summed E-state index contributed by atoms with van der Waals surface area (Å²) < 4.78 is 20.0. The summed E-state index contributed by atoms with van der Waals surface area (Å²) in [5, 5.41) is 8.48. The molecule has 3 amide bonds. The minimum Gasteiger partial charge on any atom is -0.497 e. The van der Waals surface area contributed by atoms with Gasteiger partial charge in [0.25, 0.3) is 11.5 Å². The number of imide groups is 1. The zero-order chi connectivity index (χ0) is 27.5. The van der Waals surface area contributed by atoms with Gasteiger partial charge in [-0.05, 0) is 70.9 Å². The Bertz CT molecular complexity index is 1660. The van der Waals surface area contributed by atoms with E-state index in [0.29, 0.717) is 22.7 Å². The number of rotatable bonds is 8. The molecule has 0 radical (unpaired) electrons. The summed E-state index contributed by atoms with van der Waals surface area (Å²) in [6.07, 6.45) is 1.57. The van der Waals surface area contributed by atoms with E-state index in [1.807, 2.05) is 0 Å². The van der Waals surface area contributed by atoms with Gasteiger partial charge < -0.3 is 10.1 Å². The van der Waals surface area contributed by atoms with E-state index >= 15 is 0 Å². The molecule has 0 unspecified atom stereocenters. The highest BCUT2D eigenvalue weighted by molar-refractivity contribution is 6.13. The molecule has 10 nitrogen and oxygen atoms in total. The Morgan fingerprint density at radius 1 is 0.974 bits per heavy atom. The van der Waals surface area contributed by atoms with Gasteiger partial charge in [-0.1, -0.05) is 24.3 Å². The number of hydrogen-bond donors (Lipinski definition) is 2. The second-order valence-corrected chi connectivity index (χ2v) is 8.79. The smallest absolute Gasteiger partial charge is 0.329 e. The standard InChI is InChI=1S/C28H22FN5O5/c1-39-22-11-9-21(10-12-22)34-26(35)23(24(31-34)14-17-5-7-19(29)8-6-17)15-25-27(36)33(28(37)30-25)16-18-3-2-4-20(13-18)32-38/h2-13,15,31H,14,16H2,1H3,(H,30,37)/b25-15-. The Morgan fingerprint density at radius 2 is 1.72 bits per heavy atom. The van der Waals surface area contributed by atoms with Gasteiger partial charge >= 0.3 is 6.03 Å². The predicted molar refractivity (Wildman–Crippen MR) is 141 cm³/mol. The molecule has 4 aromatic rings. The first-order valence-corrected chi connectivity index (χ1v) is 11.9. The zero-order valence-electron chi connectivity index (χ0n) is 20.7. The molecule has 0 atom stereocenters. The highest BCUT2D eigenvalue weighted by Gasteiger charge is 2.34. The Kier molecular flexibility index (Phi) is 6.87. The molecule has 1 aliphatic rings. The number of aromatic nitrogens is 2. The monoisotopic (exact) mass is 527 g/mol. The van der Waals surface area contributed by atoms with Crippen molar-refractivity contribution >= 4 is 23.7 Å². The quantitative estimate of drug-likeness (QED) is 0.200. The fraction of sp³-hybridized carbons (Fsp3) is 0.107. The lowest BCUT2D eigenvalue weighted by Gasteiger charge is -2.11.